The van der Waals surface area contributed by atoms with Crippen molar-refractivity contribution in [3.63, 3.8) is 0 Å². The summed E-state index contributed by atoms with van der Waals surface area (Å²) in [5.41, 5.74) is 6.75. The van der Waals surface area contributed by atoms with Crippen LogP contribution in [0.3, 0.4) is 0 Å². The third-order valence-electron chi connectivity index (χ3n) is 5.51. The van der Waals surface area contributed by atoms with Crippen LogP contribution in [-0.2, 0) is 6.42 Å². The Morgan fingerprint density at radius 3 is 2.88 bits per heavy atom. The van der Waals surface area contributed by atoms with Crippen LogP contribution >= 0.6 is 0 Å². The number of fused-ring (bicyclic) bond motifs is 2. The summed E-state index contributed by atoms with van der Waals surface area (Å²) in [5.74, 6) is 0.662. The molecule has 1 fully saturated rings. The molecule has 0 aliphatic carbocycles. The molecular formula is C20H22N6. The van der Waals surface area contributed by atoms with Gasteiger partial charge in [-0.2, -0.15) is 9.61 Å². The smallest absolute Gasteiger partial charge is 0.177 e. The zero-order valence-corrected chi connectivity index (χ0v) is 14.9. The lowest BCUT2D eigenvalue weighted by molar-refractivity contribution is 0.460. The first-order chi connectivity index (χ1) is 12.8. The maximum absolute atomic E-state index is 4.67. The molecule has 0 radical (unpaired) electrons. The minimum atomic E-state index is 0.662. The van der Waals surface area contributed by atoms with Gasteiger partial charge in [-0.3, -0.25) is 0 Å². The van der Waals surface area contributed by atoms with Crippen LogP contribution in [0.25, 0.3) is 27.9 Å². The van der Waals surface area contributed by atoms with Crippen LogP contribution in [0.15, 0.2) is 36.7 Å². The lowest BCUT2D eigenvalue weighted by Crippen LogP contribution is -2.26. The molecule has 1 aromatic carbocycles. The number of nitrogens with one attached hydrogen (secondary N) is 2. The van der Waals surface area contributed by atoms with Crippen molar-refractivity contribution in [3.8, 4) is 11.4 Å². The standard InChI is InChI=1S/C20H22N6/c1-2-15-16-11-14(13-7-9-21-10-8-13)3-4-17(16)23-20(15)18-5-6-19-24-22-12-26(19)25-18/h3-6,11-13,21,23H,2,7-10H2,1H3. The first-order valence-electron chi connectivity index (χ1n) is 9.36. The fourth-order valence-electron chi connectivity index (χ4n) is 4.12. The molecular weight excluding hydrogens is 324 g/mol. The van der Waals surface area contributed by atoms with Crippen LogP contribution in [0.2, 0.25) is 0 Å². The molecule has 0 atom stereocenters. The minimum Gasteiger partial charge on any atom is -0.353 e. The molecule has 0 spiro atoms. The van der Waals surface area contributed by atoms with Crippen LogP contribution in [0.4, 0.5) is 0 Å². The Morgan fingerprint density at radius 1 is 1.15 bits per heavy atom. The fourth-order valence-corrected chi connectivity index (χ4v) is 4.12. The summed E-state index contributed by atoms with van der Waals surface area (Å²) in [6.07, 6.45) is 5.04. The van der Waals surface area contributed by atoms with Crippen molar-refractivity contribution in [2.45, 2.75) is 32.1 Å². The van der Waals surface area contributed by atoms with Gasteiger partial charge in [-0.05, 0) is 73.7 Å². The maximum atomic E-state index is 4.67. The normalized spacial score (nSPS) is 15.9. The first kappa shape index (κ1) is 15.5. The highest BCUT2D eigenvalue weighted by atomic mass is 15.3. The van der Waals surface area contributed by atoms with Gasteiger partial charge in [-0.1, -0.05) is 13.0 Å². The van der Waals surface area contributed by atoms with Gasteiger partial charge in [0.1, 0.15) is 12.0 Å². The monoisotopic (exact) mass is 346 g/mol. The second-order valence-corrected chi connectivity index (χ2v) is 7.01. The summed E-state index contributed by atoms with van der Waals surface area (Å²) in [6, 6.07) is 10.9. The molecule has 26 heavy (non-hydrogen) atoms. The Kier molecular flexibility index (Phi) is 3.71. The van der Waals surface area contributed by atoms with E-state index in [1.54, 1.807) is 10.8 Å². The SMILES string of the molecule is CCc1c(-c2ccc3nncn3n2)[nH]c2ccc(C3CCNCC3)cc12. The number of aromatic nitrogens is 5. The van der Waals surface area contributed by atoms with Gasteiger partial charge in [0, 0.05) is 10.9 Å². The molecule has 6 nitrogen and oxygen atoms in total. The Morgan fingerprint density at radius 2 is 2.04 bits per heavy atom. The van der Waals surface area contributed by atoms with Crippen LogP contribution in [0.5, 0.6) is 0 Å². The molecule has 6 heteroatoms. The third-order valence-corrected chi connectivity index (χ3v) is 5.51. The van der Waals surface area contributed by atoms with E-state index in [1.165, 1.54) is 34.9 Å². The second-order valence-electron chi connectivity index (χ2n) is 7.01. The Bertz CT molecular complexity index is 1070. The lowest BCUT2D eigenvalue weighted by Gasteiger charge is -2.23. The van der Waals surface area contributed by atoms with Gasteiger partial charge in [0.15, 0.2) is 5.65 Å². The van der Waals surface area contributed by atoms with Crippen molar-refractivity contribution < 1.29 is 0 Å². The van der Waals surface area contributed by atoms with E-state index >= 15 is 0 Å². The van der Waals surface area contributed by atoms with Crippen molar-refractivity contribution in [1.82, 2.24) is 30.1 Å². The highest BCUT2D eigenvalue weighted by molar-refractivity contribution is 5.90. The predicted molar refractivity (Wildman–Crippen MR) is 102 cm³/mol. The molecule has 0 unspecified atom stereocenters. The molecule has 0 saturated carbocycles. The fraction of sp³-hybridized carbons (Fsp3) is 0.350. The van der Waals surface area contributed by atoms with Crippen LogP contribution < -0.4 is 5.32 Å². The molecule has 1 saturated heterocycles. The molecule has 4 aromatic rings. The topological polar surface area (TPSA) is 70.9 Å². The average molecular weight is 346 g/mol. The number of H-pyrrole nitrogens is 1. The van der Waals surface area contributed by atoms with E-state index in [0.29, 0.717) is 5.92 Å². The third kappa shape index (κ3) is 2.49. The zero-order chi connectivity index (χ0) is 17.5. The summed E-state index contributed by atoms with van der Waals surface area (Å²) in [7, 11) is 0. The van der Waals surface area contributed by atoms with E-state index in [1.807, 2.05) is 12.1 Å². The number of piperidine rings is 1. The van der Waals surface area contributed by atoms with Gasteiger partial charge >= 0.3 is 0 Å². The van der Waals surface area contributed by atoms with E-state index in [9.17, 15) is 0 Å². The average Bonchev–Trinajstić information content (AvgIpc) is 3.31. The Balaban J connectivity index is 1.63. The molecule has 1 aliphatic heterocycles. The van der Waals surface area contributed by atoms with Gasteiger partial charge in [0.05, 0.1) is 5.69 Å². The number of aromatic amines is 1. The first-order valence-corrected chi connectivity index (χ1v) is 9.36. The molecule has 2 N–H and O–H groups in total. The van der Waals surface area contributed by atoms with E-state index in [0.717, 1.165) is 36.5 Å². The van der Waals surface area contributed by atoms with Crippen molar-refractivity contribution in [3.05, 3.63) is 47.8 Å². The summed E-state index contributed by atoms with van der Waals surface area (Å²) in [5, 5.41) is 17.4. The van der Waals surface area contributed by atoms with Crippen LogP contribution in [0, 0.1) is 0 Å². The minimum absolute atomic E-state index is 0.662. The zero-order valence-electron chi connectivity index (χ0n) is 14.9. The molecule has 1 aliphatic rings. The summed E-state index contributed by atoms with van der Waals surface area (Å²) in [6.45, 7) is 4.44. The van der Waals surface area contributed by atoms with Gasteiger partial charge in [-0.15, -0.1) is 10.2 Å². The lowest BCUT2D eigenvalue weighted by atomic mass is 9.89. The second kappa shape index (κ2) is 6.21. The summed E-state index contributed by atoms with van der Waals surface area (Å²) < 4.78 is 1.72. The molecule has 0 bridgehead atoms. The number of benzene rings is 1. The van der Waals surface area contributed by atoms with E-state index in [4.69, 9.17) is 0 Å². The predicted octanol–water partition coefficient (Wildman–Crippen LogP) is 3.30. The number of hydrogen-bond acceptors (Lipinski definition) is 4. The number of aryl methyl sites for hydroxylation is 1. The molecule has 0 amide bonds. The highest BCUT2D eigenvalue weighted by Crippen LogP contribution is 2.33. The van der Waals surface area contributed by atoms with Crippen molar-refractivity contribution in [2.24, 2.45) is 0 Å². The number of rotatable bonds is 3. The van der Waals surface area contributed by atoms with Crippen molar-refractivity contribution in [1.29, 1.82) is 0 Å². The van der Waals surface area contributed by atoms with Crippen molar-refractivity contribution >= 4 is 16.6 Å². The maximum Gasteiger partial charge on any atom is 0.177 e. The summed E-state index contributed by atoms with van der Waals surface area (Å²) >= 11 is 0. The van der Waals surface area contributed by atoms with Gasteiger partial charge in [0.25, 0.3) is 0 Å². The van der Waals surface area contributed by atoms with Crippen LogP contribution in [0.1, 0.15) is 36.8 Å². The van der Waals surface area contributed by atoms with Crippen molar-refractivity contribution in [2.75, 3.05) is 13.1 Å². The van der Waals surface area contributed by atoms with E-state index in [2.05, 4.69) is 50.7 Å². The van der Waals surface area contributed by atoms with Gasteiger partial charge in [-0.25, -0.2) is 0 Å². The van der Waals surface area contributed by atoms with Crippen LogP contribution in [-0.4, -0.2) is 37.9 Å². The molecule has 5 rings (SSSR count). The summed E-state index contributed by atoms with van der Waals surface area (Å²) in [4.78, 5) is 3.59. The van der Waals surface area contributed by atoms with Gasteiger partial charge in [0.2, 0.25) is 0 Å². The molecule has 4 heterocycles. The molecule has 132 valence electrons. The quantitative estimate of drug-likeness (QED) is 0.597. The van der Waals surface area contributed by atoms with E-state index < -0.39 is 0 Å². The number of hydrogen-bond donors (Lipinski definition) is 2. The number of nitrogens with zero attached hydrogens (tertiary/aromatic N) is 4. The Labute approximate surface area is 151 Å². The molecule has 3 aromatic heterocycles. The Hall–Kier alpha value is -2.73. The van der Waals surface area contributed by atoms with E-state index in [-0.39, 0.29) is 0 Å². The highest BCUT2D eigenvalue weighted by Gasteiger charge is 2.18. The van der Waals surface area contributed by atoms with Gasteiger partial charge < -0.3 is 10.3 Å². The largest absolute Gasteiger partial charge is 0.353 e.